The van der Waals surface area contributed by atoms with Crippen molar-refractivity contribution in [1.29, 1.82) is 0 Å². The molecule has 3 N–H and O–H groups in total. The van der Waals surface area contributed by atoms with Crippen LogP contribution in [0.3, 0.4) is 0 Å². The summed E-state index contributed by atoms with van der Waals surface area (Å²) in [4.78, 5) is 23.5. The molecule has 6 heteroatoms. The number of nitrogens with zero attached hydrogens (tertiary/aromatic N) is 1. The van der Waals surface area contributed by atoms with Crippen LogP contribution in [0.25, 0.3) is 0 Å². The third kappa shape index (κ3) is 3.37. The van der Waals surface area contributed by atoms with Crippen molar-refractivity contribution in [2.75, 3.05) is 11.4 Å². The Bertz CT molecular complexity index is 474. The summed E-state index contributed by atoms with van der Waals surface area (Å²) in [6.45, 7) is 3.61. The van der Waals surface area contributed by atoms with Crippen molar-refractivity contribution >= 4 is 29.2 Å². The number of carbonyl (C=O) groups excluding carboxylic acids is 1. The van der Waals surface area contributed by atoms with Gasteiger partial charge in [0, 0.05) is 11.7 Å². The molecular formula is C12H15ClN2O3. The molecule has 1 amide bonds. The molecule has 0 atom stereocenters. The third-order valence-electron chi connectivity index (χ3n) is 2.48. The Morgan fingerprint density at radius 1 is 1.44 bits per heavy atom. The number of carboxylic acid groups (broad SMARTS) is 1. The third-order valence-corrected chi connectivity index (χ3v) is 2.79. The van der Waals surface area contributed by atoms with Gasteiger partial charge in [-0.25, -0.2) is 0 Å². The molecule has 0 fully saturated rings. The van der Waals surface area contributed by atoms with Gasteiger partial charge in [0.2, 0.25) is 5.91 Å². The van der Waals surface area contributed by atoms with Gasteiger partial charge in [0.15, 0.2) is 0 Å². The van der Waals surface area contributed by atoms with Crippen LogP contribution in [0.1, 0.15) is 24.2 Å². The molecule has 0 aliphatic rings. The summed E-state index contributed by atoms with van der Waals surface area (Å²) in [5.74, 6) is -1.54. The number of hydrogen-bond acceptors (Lipinski definition) is 3. The zero-order chi connectivity index (χ0) is 13.9. The zero-order valence-electron chi connectivity index (χ0n) is 10.2. The van der Waals surface area contributed by atoms with Crippen molar-refractivity contribution in [2.45, 2.75) is 19.9 Å². The minimum atomic E-state index is -0.932. The van der Waals surface area contributed by atoms with Crippen LogP contribution in [0.2, 0.25) is 5.02 Å². The number of halogens is 1. The lowest BCUT2D eigenvalue weighted by Crippen LogP contribution is -2.35. The first-order chi connectivity index (χ1) is 8.32. The van der Waals surface area contributed by atoms with Crippen LogP contribution in [0, 0.1) is 0 Å². The number of carboxylic acids is 1. The molecule has 0 radical (unpaired) electrons. The number of amides is 1. The largest absolute Gasteiger partial charge is 0.480 e. The molecule has 0 saturated heterocycles. The Morgan fingerprint density at radius 3 is 2.44 bits per heavy atom. The predicted molar refractivity (Wildman–Crippen MR) is 70.1 cm³/mol. The van der Waals surface area contributed by atoms with E-state index in [1.807, 2.05) is 13.8 Å². The van der Waals surface area contributed by atoms with E-state index in [9.17, 15) is 9.59 Å². The molecule has 0 saturated carbocycles. The van der Waals surface area contributed by atoms with Crippen LogP contribution in [-0.4, -0.2) is 29.6 Å². The van der Waals surface area contributed by atoms with E-state index < -0.39 is 11.9 Å². The highest BCUT2D eigenvalue weighted by atomic mass is 35.5. The monoisotopic (exact) mass is 270 g/mol. The second-order valence-electron chi connectivity index (χ2n) is 4.14. The smallest absolute Gasteiger partial charge is 0.323 e. The Labute approximate surface area is 110 Å². The van der Waals surface area contributed by atoms with Crippen LogP contribution in [0.4, 0.5) is 5.69 Å². The fourth-order valence-corrected chi connectivity index (χ4v) is 1.87. The van der Waals surface area contributed by atoms with E-state index in [-0.39, 0.29) is 23.2 Å². The van der Waals surface area contributed by atoms with E-state index in [0.29, 0.717) is 5.69 Å². The average molecular weight is 271 g/mol. The van der Waals surface area contributed by atoms with E-state index in [1.165, 1.54) is 6.07 Å². The average Bonchev–Trinajstić information content (AvgIpc) is 2.24. The molecule has 1 aromatic rings. The van der Waals surface area contributed by atoms with Crippen LogP contribution in [0.5, 0.6) is 0 Å². The molecule has 0 heterocycles. The molecule has 0 aromatic heterocycles. The van der Waals surface area contributed by atoms with E-state index in [1.54, 1.807) is 17.0 Å². The molecule has 18 heavy (non-hydrogen) atoms. The maximum absolute atomic E-state index is 11.0. The molecular weight excluding hydrogens is 256 g/mol. The summed E-state index contributed by atoms with van der Waals surface area (Å²) in [5.41, 5.74) is 6.01. The number of nitrogens with two attached hydrogens (primary N) is 1. The molecule has 1 aromatic carbocycles. The molecule has 1 rings (SSSR count). The minimum Gasteiger partial charge on any atom is -0.480 e. The second-order valence-corrected chi connectivity index (χ2v) is 4.55. The fourth-order valence-electron chi connectivity index (χ4n) is 1.60. The van der Waals surface area contributed by atoms with Crippen molar-refractivity contribution in [1.82, 2.24) is 0 Å². The van der Waals surface area contributed by atoms with Gasteiger partial charge in [-0.3, -0.25) is 9.59 Å². The SMILES string of the molecule is CC(C)N(CC(=O)O)c1ccc(C(N)=O)c(Cl)c1. The fraction of sp³-hybridized carbons (Fsp3) is 0.333. The maximum atomic E-state index is 11.0. The Kier molecular flexibility index (Phi) is 4.55. The van der Waals surface area contributed by atoms with Crippen LogP contribution in [0.15, 0.2) is 18.2 Å². The molecule has 0 spiro atoms. The van der Waals surface area contributed by atoms with E-state index in [0.717, 1.165) is 0 Å². The summed E-state index contributed by atoms with van der Waals surface area (Å²) < 4.78 is 0. The van der Waals surface area contributed by atoms with Gasteiger partial charge in [-0.1, -0.05) is 11.6 Å². The standard InChI is InChI=1S/C12H15ClN2O3/c1-7(2)15(6-11(16)17)8-3-4-9(12(14)18)10(13)5-8/h3-5,7H,6H2,1-2H3,(H2,14,18)(H,16,17). The summed E-state index contributed by atoms with van der Waals surface area (Å²) in [7, 11) is 0. The first-order valence-corrected chi connectivity index (χ1v) is 5.78. The maximum Gasteiger partial charge on any atom is 0.323 e. The van der Waals surface area contributed by atoms with Gasteiger partial charge < -0.3 is 15.7 Å². The van der Waals surface area contributed by atoms with Gasteiger partial charge in [-0.2, -0.15) is 0 Å². The predicted octanol–water partition coefficient (Wildman–Crippen LogP) is 1.74. The number of hydrogen-bond donors (Lipinski definition) is 2. The van der Waals surface area contributed by atoms with Crippen molar-refractivity contribution in [3.05, 3.63) is 28.8 Å². The number of benzene rings is 1. The summed E-state index contributed by atoms with van der Waals surface area (Å²) in [5, 5.41) is 9.08. The zero-order valence-corrected chi connectivity index (χ0v) is 10.9. The molecule has 5 nitrogen and oxygen atoms in total. The molecule has 98 valence electrons. The van der Waals surface area contributed by atoms with Crippen molar-refractivity contribution in [3.8, 4) is 0 Å². The highest BCUT2D eigenvalue weighted by Crippen LogP contribution is 2.24. The number of primary amides is 1. The first kappa shape index (κ1) is 14.3. The summed E-state index contributed by atoms with van der Waals surface area (Å²) in [6, 6.07) is 4.67. The first-order valence-electron chi connectivity index (χ1n) is 5.40. The van der Waals surface area contributed by atoms with Crippen molar-refractivity contribution < 1.29 is 14.7 Å². The highest BCUT2D eigenvalue weighted by molar-refractivity contribution is 6.34. The molecule has 0 aliphatic heterocycles. The number of carbonyl (C=O) groups is 2. The molecule has 0 unspecified atom stereocenters. The van der Waals surface area contributed by atoms with Crippen LogP contribution < -0.4 is 10.6 Å². The van der Waals surface area contributed by atoms with Gasteiger partial charge in [0.25, 0.3) is 0 Å². The van der Waals surface area contributed by atoms with Crippen molar-refractivity contribution in [2.24, 2.45) is 5.73 Å². The van der Waals surface area contributed by atoms with E-state index >= 15 is 0 Å². The second kappa shape index (κ2) is 5.73. The topological polar surface area (TPSA) is 83.6 Å². The lowest BCUT2D eigenvalue weighted by atomic mass is 10.1. The van der Waals surface area contributed by atoms with E-state index in [4.69, 9.17) is 22.4 Å². The van der Waals surface area contributed by atoms with Gasteiger partial charge in [0.05, 0.1) is 10.6 Å². The number of aliphatic carboxylic acids is 1. The minimum absolute atomic E-state index is 0.00315. The van der Waals surface area contributed by atoms with E-state index in [2.05, 4.69) is 0 Å². The Morgan fingerprint density at radius 2 is 2.06 bits per heavy atom. The Balaban J connectivity index is 3.10. The number of rotatable bonds is 5. The number of anilines is 1. The molecule has 0 aliphatic carbocycles. The van der Waals surface area contributed by atoms with Gasteiger partial charge in [-0.05, 0) is 32.0 Å². The Hall–Kier alpha value is -1.75. The van der Waals surface area contributed by atoms with Gasteiger partial charge in [0.1, 0.15) is 6.54 Å². The highest BCUT2D eigenvalue weighted by Gasteiger charge is 2.16. The molecule has 0 bridgehead atoms. The summed E-state index contributed by atoms with van der Waals surface area (Å²) >= 11 is 5.93. The van der Waals surface area contributed by atoms with Gasteiger partial charge >= 0.3 is 5.97 Å². The van der Waals surface area contributed by atoms with Crippen molar-refractivity contribution in [3.63, 3.8) is 0 Å². The lowest BCUT2D eigenvalue weighted by Gasteiger charge is -2.27. The quantitative estimate of drug-likeness (QED) is 0.854. The van der Waals surface area contributed by atoms with Crippen LogP contribution >= 0.6 is 11.6 Å². The summed E-state index contributed by atoms with van der Waals surface area (Å²) in [6.07, 6.45) is 0. The lowest BCUT2D eigenvalue weighted by molar-refractivity contribution is -0.135. The van der Waals surface area contributed by atoms with Gasteiger partial charge in [-0.15, -0.1) is 0 Å². The normalized spacial score (nSPS) is 10.4. The van der Waals surface area contributed by atoms with Crippen LogP contribution in [-0.2, 0) is 4.79 Å².